The number of halogens is 3. The molecule has 2 nitrogen and oxygen atoms in total. The van der Waals surface area contributed by atoms with Gasteiger partial charge in [-0.2, -0.15) is 13.2 Å². The van der Waals surface area contributed by atoms with Crippen molar-refractivity contribution in [1.82, 2.24) is 9.55 Å². The fourth-order valence-electron chi connectivity index (χ4n) is 1.71. The standard InChI is InChI=1S/C11H11F3N2/c1-7(2)16-6-15-9-5-3-4-8(10(9)16)11(12,13)14/h3-7H,1-2H3. The van der Waals surface area contributed by atoms with Gasteiger partial charge in [-0.05, 0) is 26.0 Å². The van der Waals surface area contributed by atoms with Crippen molar-refractivity contribution in [1.29, 1.82) is 0 Å². The van der Waals surface area contributed by atoms with Crippen LogP contribution < -0.4 is 0 Å². The van der Waals surface area contributed by atoms with Gasteiger partial charge in [-0.3, -0.25) is 0 Å². The maximum atomic E-state index is 12.8. The summed E-state index contributed by atoms with van der Waals surface area (Å²) < 4.78 is 39.9. The molecule has 0 aliphatic carbocycles. The zero-order valence-electron chi connectivity index (χ0n) is 8.92. The summed E-state index contributed by atoms with van der Waals surface area (Å²) in [5, 5.41) is 0. The summed E-state index contributed by atoms with van der Waals surface area (Å²) in [6.07, 6.45) is -2.89. The molecule has 2 rings (SSSR count). The van der Waals surface area contributed by atoms with Gasteiger partial charge >= 0.3 is 6.18 Å². The topological polar surface area (TPSA) is 17.8 Å². The Hall–Kier alpha value is -1.52. The normalized spacial score (nSPS) is 12.6. The zero-order valence-corrected chi connectivity index (χ0v) is 8.92. The van der Waals surface area contributed by atoms with Gasteiger partial charge < -0.3 is 4.57 Å². The molecule has 0 spiro atoms. The molecule has 5 heteroatoms. The number of para-hydroxylation sites is 1. The van der Waals surface area contributed by atoms with Crippen molar-refractivity contribution in [3.8, 4) is 0 Å². The number of hydrogen-bond acceptors (Lipinski definition) is 1. The summed E-state index contributed by atoms with van der Waals surface area (Å²) in [6, 6.07) is 4.00. The van der Waals surface area contributed by atoms with Crippen LogP contribution in [-0.2, 0) is 6.18 Å². The second-order valence-electron chi connectivity index (χ2n) is 3.92. The molecule has 0 bridgehead atoms. The Bertz CT molecular complexity index is 511. The molecule has 0 saturated heterocycles. The minimum Gasteiger partial charge on any atom is -0.328 e. The zero-order chi connectivity index (χ0) is 11.9. The van der Waals surface area contributed by atoms with Crippen LogP contribution in [0.3, 0.4) is 0 Å². The molecule has 1 aromatic heterocycles. The van der Waals surface area contributed by atoms with Crippen molar-refractivity contribution in [3.63, 3.8) is 0 Å². The largest absolute Gasteiger partial charge is 0.418 e. The molecule has 0 amide bonds. The van der Waals surface area contributed by atoms with E-state index in [0.29, 0.717) is 5.52 Å². The van der Waals surface area contributed by atoms with Crippen molar-refractivity contribution >= 4 is 11.0 Å². The molecule has 0 aliphatic rings. The summed E-state index contributed by atoms with van der Waals surface area (Å²) in [4.78, 5) is 3.98. The Morgan fingerprint density at radius 1 is 1.25 bits per heavy atom. The third-order valence-corrected chi connectivity index (χ3v) is 2.46. The van der Waals surface area contributed by atoms with Crippen LogP contribution >= 0.6 is 0 Å². The van der Waals surface area contributed by atoms with Gasteiger partial charge in [-0.15, -0.1) is 0 Å². The quantitative estimate of drug-likeness (QED) is 0.728. The van der Waals surface area contributed by atoms with Crippen molar-refractivity contribution in [3.05, 3.63) is 30.1 Å². The Labute approximate surface area is 90.7 Å². The van der Waals surface area contributed by atoms with Gasteiger partial charge in [0.2, 0.25) is 0 Å². The summed E-state index contributed by atoms with van der Waals surface area (Å²) in [7, 11) is 0. The number of hydrogen-bond donors (Lipinski definition) is 0. The molecule has 0 saturated carbocycles. The Balaban J connectivity index is 2.79. The highest BCUT2D eigenvalue weighted by molar-refractivity contribution is 5.79. The molecule has 0 unspecified atom stereocenters. The van der Waals surface area contributed by atoms with E-state index in [9.17, 15) is 13.2 Å². The lowest BCUT2D eigenvalue weighted by molar-refractivity contribution is -0.136. The van der Waals surface area contributed by atoms with Gasteiger partial charge in [0.05, 0.1) is 22.9 Å². The summed E-state index contributed by atoms with van der Waals surface area (Å²) >= 11 is 0. The molecule has 0 N–H and O–H groups in total. The number of aromatic nitrogens is 2. The number of benzene rings is 1. The SMILES string of the molecule is CC(C)n1cnc2cccc(C(F)(F)F)c21. The molecule has 2 aromatic rings. The first-order valence-corrected chi connectivity index (χ1v) is 4.94. The smallest absolute Gasteiger partial charge is 0.328 e. The first kappa shape index (κ1) is 11.0. The van der Waals surface area contributed by atoms with E-state index in [-0.39, 0.29) is 11.6 Å². The van der Waals surface area contributed by atoms with Gasteiger partial charge in [0.15, 0.2) is 0 Å². The van der Waals surface area contributed by atoms with Crippen LogP contribution in [0.25, 0.3) is 11.0 Å². The van der Waals surface area contributed by atoms with E-state index < -0.39 is 11.7 Å². The monoisotopic (exact) mass is 228 g/mol. The van der Waals surface area contributed by atoms with Gasteiger partial charge in [-0.25, -0.2) is 4.98 Å². The van der Waals surface area contributed by atoms with Gasteiger partial charge in [-0.1, -0.05) is 6.07 Å². The van der Waals surface area contributed by atoms with E-state index >= 15 is 0 Å². The highest BCUT2D eigenvalue weighted by Crippen LogP contribution is 2.35. The molecular weight excluding hydrogens is 217 g/mol. The molecule has 16 heavy (non-hydrogen) atoms. The van der Waals surface area contributed by atoms with Crippen LogP contribution in [0.1, 0.15) is 25.5 Å². The van der Waals surface area contributed by atoms with Crippen LogP contribution in [0.15, 0.2) is 24.5 Å². The molecule has 1 heterocycles. The fourth-order valence-corrected chi connectivity index (χ4v) is 1.71. The summed E-state index contributed by atoms with van der Waals surface area (Å²) in [5.41, 5.74) is -0.0928. The van der Waals surface area contributed by atoms with Crippen LogP contribution in [0, 0.1) is 0 Å². The van der Waals surface area contributed by atoms with Crippen molar-refractivity contribution in [2.75, 3.05) is 0 Å². The van der Waals surface area contributed by atoms with Crippen molar-refractivity contribution < 1.29 is 13.2 Å². The molecule has 0 aliphatic heterocycles. The van der Waals surface area contributed by atoms with Gasteiger partial charge in [0.25, 0.3) is 0 Å². The predicted molar refractivity (Wildman–Crippen MR) is 55.1 cm³/mol. The lowest BCUT2D eigenvalue weighted by Crippen LogP contribution is -2.09. The molecular formula is C11H11F3N2. The highest BCUT2D eigenvalue weighted by atomic mass is 19.4. The van der Waals surface area contributed by atoms with Crippen LogP contribution in [-0.4, -0.2) is 9.55 Å². The molecule has 86 valence electrons. The number of nitrogens with zero attached hydrogens (tertiary/aromatic N) is 2. The Kier molecular flexibility index (Phi) is 2.40. The predicted octanol–water partition coefficient (Wildman–Crippen LogP) is 3.64. The maximum absolute atomic E-state index is 12.8. The molecule has 1 aromatic carbocycles. The van der Waals surface area contributed by atoms with E-state index in [0.717, 1.165) is 6.07 Å². The van der Waals surface area contributed by atoms with E-state index in [2.05, 4.69) is 4.98 Å². The van der Waals surface area contributed by atoms with Gasteiger partial charge in [0, 0.05) is 6.04 Å². The molecule has 0 fully saturated rings. The van der Waals surface area contributed by atoms with E-state index in [1.807, 2.05) is 13.8 Å². The summed E-state index contributed by atoms with van der Waals surface area (Å²) in [5.74, 6) is 0. The molecule has 0 atom stereocenters. The van der Waals surface area contributed by atoms with Crippen LogP contribution in [0.5, 0.6) is 0 Å². The molecule has 0 radical (unpaired) electrons. The fraction of sp³-hybridized carbons (Fsp3) is 0.364. The summed E-state index contributed by atoms with van der Waals surface area (Å²) in [6.45, 7) is 3.66. The minimum atomic E-state index is -4.34. The average Bonchev–Trinajstić information content (AvgIpc) is 2.58. The third kappa shape index (κ3) is 1.66. The second kappa shape index (κ2) is 3.50. The van der Waals surface area contributed by atoms with Crippen LogP contribution in [0.4, 0.5) is 13.2 Å². The second-order valence-corrected chi connectivity index (χ2v) is 3.92. The number of imidazole rings is 1. The first-order valence-electron chi connectivity index (χ1n) is 4.94. The van der Waals surface area contributed by atoms with Gasteiger partial charge in [0.1, 0.15) is 0 Å². The lowest BCUT2D eigenvalue weighted by atomic mass is 10.1. The minimum absolute atomic E-state index is 0.0477. The average molecular weight is 228 g/mol. The third-order valence-electron chi connectivity index (χ3n) is 2.46. The lowest BCUT2D eigenvalue weighted by Gasteiger charge is -2.13. The highest BCUT2D eigenvalue weighted by Gasteiger charge is 2.34. The maximum Gasteiger partial charge on any atom is 0.418 e. The number of rotatable bonds is 1. The van der Waals surface area contributed by atoms with E-state index in [4.69, 9.17) is 0 Å². The van der Waals surface area contributed by atoms with Crippen molar-refractivity contribution in [2.24, 2.45) is 0 Å². The number of alkyl halides is 3. The first-order chi connectivity index (χ1) is 7.41. The van der Waals surface area contributed by atoms with Crippen molar-refractivity contribution in [2.45, 2.75) is 26.1 Å². The van der Waals surface area contributed by atoms with E-state index in [1.165, 1.54) is 17.0 Å². The Morgan fingerprint density at radius 2 is 1.94 bits per heavy atom. The number of fused-ring (bicyclic) bond motifs is 1. The van der Waals surface area contributed by atoms with E-state index in [1.54, 1.807) is 6.07 Å². The van der Waals surface area contributed by atoms with Crippen LogP contribution in [0.2, 0.25) is 0 Å². The Morgan fingerprint density at radius 3 is 2.50 bits per heavy atom.